The van der Waals surface area contributed by atoms with E-state index in [0.29, 0.717) is 11.1 Å². The second-order valence-corrected chi connectivity index (χ2v) is 6.12. The van der Waals surface area contributed by atoms with Crippen molar-refractivity contribution in [2.75, 3.05) is 0 Å². The van der Waals surface area contributed by atoms with Crippen LogP contribution in [0.5, 0.6) is 17.2 Å². The van der Waals surface area contributed by atoms with Crippen LogP contribution in [0.1, 0.15) is 31.8 Å². The van der Waals surface area contributed by atoms with Gasteiger partial charge in [-0.25, -0.2) is 9.59 Å². The van der Waals surface area contributed by atoms with Crippen LogP contribution in [0.15, 0.2) is 66.7 Å². The van der Waals surface area contributed by atoms with Gasteiger partial charge in [-0.2, -0.15) is 0 Å². The van der Waals surface area contributed by atoms with Gasteiger partial charge >= 0.3 is 11.9 Å². The Kier molecular flexibility index (Phi) is 5.22. The van der Waals surface area contributed by atoms with Crippen LogP contribution < -0.4 is 9.47 Å². The number of phenolic OH excluding ortho intramolecular Hbond substituents is 1. The molecule has 3 aromatic rings. The summed E-state index contributed by atoms with van der Waals surface area (Å²) < 4.78 is 10.5. The number of hydrogen-bond acceptors (Lipinski definition) is 5. The van der Waals surface area contributed by atoms with Gasteiger partial charge in [0.25, 0.3) is 0 Å². The van der Waals surface area contributed by atoms with Crippen LogP contribution >= 0.6 is 0 Å². The highest BCUT2D eigenvalue weighted by Crippen LogP contribution is 2.36. The lowest BCUT2D eigenvalue weighted by molar-refractivity contribution is 0.0722. The van der Waals surface area contributed by atoms with Gasteiger partial charge in [0.1, 0.15) is 0 Å². The number of benzene rings is 3. The number of aromatic hydroxyl groups is 1. The zero-order valence-corrected chi connectivity index (χ0v) is 14.9. The molecule has 1 N–H and O–H groups in total. The molecule has 3 aromatic carbocycles. The number of phenols is 1. The first-order valence-electron chi connectivity index (χ1n) is 8.34. The first kappa shape index (κ1) is 18.2. The maximum absolute atomic E-state index is 12.3. The Morgan fingerprint density at radius 1 is 0.704 bits per heavy atom. The van der Waals surface area contributed by atoms with Crippen molar-refractivity contribution in [2.45, 2.75) is 13.8 Å². The number of ether oxygens (including phenoxy) is 2. The third-order valence-corrected chi connectivity index (χ3v) is 3.87. The fraction of sp³-hybridized carbons (Fsp3) is 0.0909. The smallest absolute Gasteiger partial charge is 0.343 e. The lowest BCUT2D eigenvalue weighted by Gasteiger charge is -2.11. The first-order valence-corrected chi connectivity index (χ1v) is 8.34. The van der Waals surface area contributed by atoms with Gasteiger partial charge in [-0.05, 0) is 50.2 Å². The topological polar surface area (TPSA) is 72.8 Å². The minimum Gasteiger partial charge on any atom is -0.502 e. The Balaban J connectivity index is 1.79. The predicted octanol–water partition coefficient (Wildman–Crippen LogP) is 4.45. The molecule has 0 radical (unpaired) electrons. The van der Waals surface area contributed by atoms with E-state index in [0.717, 1.165) is 11.1 Å². The van der Waals surface area contributed by atoms with Gasteiger partial charge in [0.15, 0.2) is 11.5 Å². The molecule has 0 fully saturated rings. The van der Waals surface area contributed by atoms with E-state index < -0.39 is 17.7 Å². The minimum absolute atomic E-state index is 0.0870. The van der Waals surface area contributed by atoms with Gasteiger partial charge in [-0.1, -0.05) is 41.5 Å². The summed E-state index contributed by atoms with van der Waals surface area (Å²) in [5.74, 6) is -1.82. The van der Waals surface area contributed by atoms with E-state index in [1.54, 1.807) is 36.4 Å². The van der Waals surface area contributed by atoms with Crippen molar-refractivity contribution >= 4 is 11.9 Å². The molecule has 0 heterocycles. The van der Waals surface area contributed by atoms with E-state index in [1.165, 1.54) is 18.2 Å². The Bertz CT molecular complexity index is 929. The summed E-state index contributed by atoms with van der Waals surface area (Å²) in [4.78, 5) is 24.5. The largest absolute Gasteiger partial charge is 0.502 e. The third kappa shape index (κ3) is 4.33. The highest BCUT2D eigenvalue weighted by atomic mass is 16.6. The summed E-state index contributed by atoms with van der Waals surface area (Å²) >= 11 is 0. The monoisotopic (exact) mass is 362 g/mol. The average Bonchev–Trinajstić information content (AvgIpc) is 2.65. The van der Waals surface area contributed by atoms with E-state index in [-0.39, 0.29) is 11.5 Å². The van der Waals surface area contributed by atoms with Gasteiger partial charge in [0.2, 0.25) is 5.75 Å². The number of carbonyl (C=O) groups excluding carboxylic acids is 2. The minimum atomic E-state index is -0.615. The molecule has 5 heteroatoms. The number of rotatable bonds is 4. The summed E-state index contributed by atoms with van der Waals surface area (Å²) in [7, 11) is 0. The molecule has 136 valence electrons. The highest BCUT2D eigenvalue weighted by molar-refractivity contribution is 5.93. The second-order valence-electron chi connectivity index (χ2n) is 6.12. The van der Waals surface area contributed by atoms with Crippen molar-refractivity contribution in [3.8, 4) is 17.2 Å². The van der Waals surface area contributed by atoms with Crippen molar-refractivity contribution < 1.29 is 24.2 Å². The van der Waals surface area contributed by atoms with Crippen molar-refractivity contribution in [2.24, 2.45) is 0 Å². The molecule has 0 spiro atoms. The number of aryl methyl sites for hydroxylation is 2. The van der Waals surface area contributed by atoms with Gasteiger partial charge in [0.05, 0.1) is 11.1 Å². The number of para-hydroxylation sites is 1. The van der Waals surface area contributed by atoms with E-state index in [2.05, 4.69) is 0 Å². The molecule has 0 aliphatic carbocycles. The quantitative estimate of drug-likeness (QED) is 0.548. The zero-order valence-electron chi connectivity index (χ0n) is 14.9. The molecule has 27 heavy (non-hydrogen) atoms. The van der Waals surface area contributed by atoms with Crippen LogP contribution in [-0.2, 0) is 0 Å². The molecule has 0 saturated heterocycles. The van der Waals surface area contributed by atoms with Crippen molar-refractivity contribution in [1.82, 2.24) is 0 Å². The lowest BCUT2D eigenvalue weighted by atomic mass is 10.1. The fourth-order valence-corrected chi connectivity index (χ4v) is 2.53. The summed E-state index contributed by atoms with van der Waals surface area (Å²) in [5, 5.41) is 10.3. The molecule has 0 saturated carbocycles. The molecular weight excluding hydrogens is 344 g/mol. The Hall–Kier alpha value is -3.60. The predicted molar refractivity (Wildman–Crippen MR) is 100 cm³/mol. The maximum atomic E-state index is 12.3. The van der Waals surface area contributed by atoms with E-state index in [4.69, 9.17) is 9.47 Å². The Labute approximate surface area is 156 Å². The summed E-state index contributed by atoms with van der Waals surface area (Å²) in [5.41, 5.74) is 2.54. The van der Waals surface area contributed by atoms with Gasteiger partial charge in [-0.15, -0.1) is 0 Å². The molecular formula is C22H18O5. The molecule has 0 aliphatic rings. The third-order valence-electron chi connectivity index (χ3n) is 3.87. The lowest BCUT2D eigenvalue weighted by Crippen LogP contribution is -2.11. The summed E-state index contributed by atoms with van der Waals surface area (Å²) in [6.45, 7) is 3.72. The molecule has 0 bridgehead atoms. The van der Waals surface area contributed by atoms with Gasteiger partial charge in [-0.3, -0.25) is 0 Å². The molecule has 3 rings (SSSR count). The van der Waals surface area contributed by atoms with Gasteiger partial charge in [0, 0.05) is 0 Å². The average molecular weight is 362 g/mol. The molecule has 0 amide bonds. The second kappa shape index (κ2) is 7.74. The fourth-order valence-electron chi connectivity index (χ4n) is 2.53. The van der Waals surface area contributed by atoms with Crippen LogP contribution in [0.25, 0.3) is 0 Å². The van der Waals surface area contributed by atoms with Crippen LogP contribution in [0.3, 0.4) is 0 Å². The normalized spacial score (nSPS) is 10.3. The molecule has 0 aliphatic heterocycles. The summed E-state index contributed by atoms with van der Waals surface area (Å²) in [6, 6.07) is 18.2. The van der Waals surface area contributed by atoms with Crippen molar-refractivity contribution in [3.63, 3.8) is 0 Å². The van der Waals surface area contributed by atoms with Crippen LogP contribution in [0.4, 0.5) is 0 Å². The first-order chi connectivity index (χ1) is 12.9. The number of carbonyl (C=O) groups is 2. The van der Waals surface area contributed by atoms with Crippen LogP contribution in [-0.4, -0.2) is 17.0 Å². The van der Waals surface area contributed by atoms with E-state index in [1.807, 2.05) is 26.0 Å². The maximum Gasteiger partial charge on any atom is 0.343 e. The SMILES string of the molecule is Cc1cccc(C(=O)Oc2cccc(OC(=O)c3cccc(C)c3)c2O)c1. The van der Waals surface area contributed by atoms with Crippen molar-refractivity contribution in [3.05, 3.63) is 89.0 Å². The van der Waals surface area contributed by atoms with Crippen LogP contribution in [0.2, 0.25) is 0 Å². The van der Waals surface area contributed by atoms with E-state index in [9.17, 15) is 14.7 Å². The number of esters is 2. The molecule has 0 aromatic heterocycles. The highest BCUT2D eigenvalue weighted by Gasteiger charge is 2.17. The molecule has 0 unspecified atom stereocenters. The van der Waals surface area contributed by atoms with Gasteiger partial charge < -0.3 is 14.6 Å². The van der Waals surface area contributed by atoms with Crippen molar-refractivity contribution in [1.29, 1.82) is 0 Å². The standard InChI is InChI=1S/C22H18O5/c1-14-6-3-8-16(12-14)21(24)26-18-10-5-11-19(20(18)23)27-22(25)17-9-4-7-15(2)13-17/h3-13,23H,1-2H3. The zero-order chi connectivity index (χ0) is 19.4. The Morgan fingerprint density at radius 2 is 1.11 bits per heavy atom. The van der Waals surface area contributed by atoms with E-state index >= 15 is 0 Å². The van der Waals surface area contributed by atoms with Crippen LogP contribution in [0, 0.1) is 13.8 Å². The molecule has 0 atom stereocenters. The Morgan fingerprint density at radius 3 is 1.52 bits per heavy atom. The molecule has 5 nitrogen and oxygen atoms in total. The number of hydrogen-bond donors (Lipinski definition) is 1. The summed E-state index contributed by atoms with van der Waals surface area (Å²) in [6.07, 6.45) is 0.